The smallest absolute Gasteiger partial charge is 0.0349 e. The summed E-state index contributed by atoms with van der Waals surface area (Å²) in [4.78, 5) is 2.54. The van der Waals surface area contributed by atoms with E-state index in [0.717, 1.165) is 0 Å². The highest BCUT2D eigenvalue weighted by Gasteiger charge is 2.17. The minimum absolute atomic E-state index is 1.23. The van der Waals surface area contributed by atoms with Crippen molar-refractivity contribution in [3.8, 4) is 43.1 Å². The van der Waals surface area contributed by atoms with E-state index in [9.17, 15) is 0 Å². The molecule has 13 aromatic rings. The average Bonchev–Trinajstić information content (AvgIpc) is 3.84. The molecule has 0 amide bonds. The van der Waals surface area contributed by atoms with Crippen LogP contribution in [0.4, 0.5) is 0 Å². The third-order valence-corrected chi connectivity index (χ3v) is 14.2. The van der Waals surface area contributed by atoms with Gasteiger partial charge in [0.25, 0.3) is 0 Å². The Morgan fingerprint density at radius 3 is 0.787 bits per heavy atom. The van der Waals surface area contributed by atoms with Gasteiger partial charge in [0.1, 0.15) is 0 Å². The number of fused-ring (bicyclic) bond motifs is 16. The molecule has 12 aromatic carbocycles. The molecule has 0 spiro atoms. The van der Waals surface area contributed by atoms with Gasteiger partial charge < -0.3 is 0 Å². The molecule has 0 fully saturated rings. The van der Waals surface area contributed by atoms with Crippen LogP contribution in [0.25, 0.3) is 129 Å². The first-order chi connectivity index (χ1) is 30.3. The van der Waals surface area contributed by atoms with Crippen LogP contribution in [0.5, 0.6) is 0 Å². The summed E-state index contributed by atoms with van der Waals surface area (Å²) in [7, 11) is 0. The average molecular weight is 789 g/mol. The molecule has 13 rings (SSSR count). The lowest BCUT2D eigenvalue weighted by Gasteiger charge is -2.16. The van der Waals surface area contributed by atoms with Crippen molar-refractivity contribution in [2.45, 2.75) is 0 Å². The Labute approximate surface area is 357 Å². The van der Waals surface area contributed by atoms with E-state index in [1.807, 2.05) is 11.3 Å². The first-order valence-electron chi connectivity index (χ1n) is 21.1. The van der Waals surface area contributed by atoms with E-state index in [0.29, 0.717) is 0 Å². The lowest BCUT2D eigenvalue weighted by molar-refractivity contribution is 1.66. The largest absolute Gasteiger partial charge is 0.135 e. The molecule has 0 bridgehead atoms. The van der Waals surface area contributed by atoms with Crippen LogP contribution in [-0.2, 0) is 0 Å². The van der Waals surface area contributed by atoms with Crippen molar-refractivity contribution < 1.29 is 0 Å². The van der Waals surface area contributed by atoms with Crippen LogP contribution in [0.15, 0.2) is 218 Å². The van der Waals surface area contributed by atoms with E-state index in [1.165, 1.54) is 129 Å². The Bertz CT molecular complexity index is 3650. The minimum atomic E-state index is 1.23. The van der Waals surface area contributed by atoms with Gasteiger partial charge in [-0.25, -0.2) is 0 Å². The highest BCUT2D eigenvalue weighted by Crippen LogP contribution is 2.45. The van der Waals surface area contributed by atoms with E-state index in [1.54, 1.807) is 0 Å². The minimum Gasteiger partial charge on any atom is -0.135 e. The van der Waals surface area contributed by atoms with E-state index in [-0.39, 0.29) is 0 Å². The molecule has 282 valence electrons. The first-order valence-corrected chi connectivity index (χ1v) is 21.9. The van der Waals surface area contributed by atoms with Gasteiger partial charge in [-0.05, 0) is 144 Å². The quantitative estimate of drug-likeness (QED) is 0.156. The molecule has 0 nitrogen and oxygen atoms in total. The summed E-state index contributed by atoms with van der Waals surface area (Å²) in [5, 5.41) is 20.8. The van der Waals surface area contributed by atoms with Gasteiger partial charge in [-0.1, -0.05) is 194 Å². The zero-order chi connectivity index (χ0) is 40.0. The summed E-state index contributed by atoms with van der Waals surface area (Å²) >= 11 is 1.86. The molecule has 61 heavy (non-hydrogen) atoms. The first kappa shape index (κ1) is 34.3. The topological polar surface area (TPSA) is 0 Å². The van der Waals surface area contributed by atoms with Crippen molar-refractivity contribution in [1.29, 1.82) is 0 Å². The zero-order valence-corrected chi connectivity index (χ0v) is 34.0. The number of thiophene rings is 1. The number of rotatable bonds is 4. The monoisotopic (exact) mass is 788 g/mol. The number of hydrogen-bond donors (Lipinski definition) is 0. The summed E-state index contributed by atoms with van der Waals surface area (Å²) in [5.41, 5.74) is 7.47. The fourth-order valence-electron chi connectivity index (χ4n) is 10.3. The van der Waals surface area contributed by atoms with Crippen molar-refractivity contribution >= 4 is 97.5 Å². The lowest BCUT2D eigenvalue weighted by atomic mass is 9.87. The molecule has 0 saturated carbocycles. The second-order valence-corrected chi connectivity index (χ2v) is 17.4. The van der Waals surface area contributed by atoms with Crippen molar-refractivity contribution in [3.63, 3.8) is 0 Å². The molecule has 0 aliphatic rings. The summed E-state index contributed by atoms with van der Waals surface area (Å²) in [6.45, 7) is 0. The highest BCUT2D eigenvalue weighted by molar-refractivity contribution is 7.18. The fourth-order valence-corrected chi connectivity index (χ4v) is 11.3. The van der Waals surface area contributed by atoms with Crippen LogP contribution in [-0.4, -0.2) is 0 Å². The molecular weight excluding hydrogens is 753 g/mol. The van der Waals surface area contributed by atoms with Crippen molar-refractivity contribution in [2.24, 2.45) is 0 Å². The van der Waals surface area contributed by atoms with Crippen molar-refractivity contribution in [1.82, 2.24) is 0 Å². The number of hydrogen-bond acceptors (Lipinski definition) is 1. The second-order valence-electron chi connectivity index (χ2n) is 16.3. The van der Waals surface area contributed by atoms with Gasteiger partial charge in [-0.2, -0.15) is 0 Å². The van der Waals surface area contributed by atoms with Crippen LogP contribution < -0.4 is 0 Å². The second kappa shape index (κ2) is 13.5. The lowest BCUT2D eigenvalue weighted by Crippen LogP contribution is -1.88. The van der Waals surface area contributed by atoms with Crippen LogP contribution in [0.3, 0.4) is 0 Å². The molecule has 0 N–H and O–H groups in total. The van der Waals surface area contributed by atoms with Crippen LogP contribution >= 0.6 is 11.3 Å². The van der Waals surface area contributed by atoms with Gasteiger partial charge >= 0.3 is 0 Å². The van der Waals surface area contributed by atoms with Crippen molar-refractivity contribution in [2.75, 3.05) is 0 Å². The highest BCUT2D eigenvalue weighted by atomic mass is 32.1. The maximum absolute atomic E-state index is 2.43. The Kier molecular flexibility index (Phi) is 7.58. The Balaban J connectivity index is 0.867. The summed E-state index contributed by atoms with van der Waals surface area (Å²) in [6.07, 6.45) is 0. The maximum Gasteiger partial charge on any atom is 0.0349 e. The predicted molar refractivity (Wildman–Crippen MR) is 266 cm³/mol. The molecule has 0 aliphatic heterocycles. The molecule has 0 aliphatic carbocycles. The Morgan fingerprint density at radius 2 is 0.443 bits per heavy atom. The van der Waals surface area contributed by atoms with E-state index < -0.39 is 0 Å². The van der Waals surface area contributed by atoms with Gasteiger partial charge in [0, 0.05) is 9.75 Å². The van der Waals surface area contributed by atoms with Gasteiger partial charge in [0.05, 0.1) is 0 Å². The van der Waals surface area contributed by atoms with E-state index >= 15 is 0 Å². The van der Waals surface area contributed by atoms with Gasteiger partial charge in [-0.3, -0.25) is 0 Å². The molecule has 0 radical (unpaired) electrons. The third-order valence-electron chi connectivity index (χ3n) is 13.1. The third kappa shape index (κ3) is 5.24. The predicted octanol–water partition coefficient (Wildman–Crippen LogP) is 17.6. The molecule has 1 heterocycles. The Hall–Kier alpha value is -7.58. The van der Waals surface area contributed by atoms with Crippen molar-refractivity contribution in [3.05, 3.63) is 218 Å². The van der Waals surface area contributed by atoms with Gasteiger partial charge in [-0.15, -0.1) is 11.3 Å². The zero-order valence-electron chi connectivity index (χ0n) is 33.2. The SMILES string of the molecule is c1ccc2c(c1)c(-c1ccc(-c3ccc(-c4ccc(-c5cc6c7ccccc7c7ccccc7c6c6ccccc56)cc4)s3)cc1)cc1c3ccccc3c3ccccc3c21. The van der Waals surface area contributed by atoms with E-state index in [2.05, 4.69) is 218 Å². The summed E-state index contributed by atoms with van der Waals surface area (Å²) in [5.74, 6) is 0. The van der Waals surface area contributed by atoms with E-state index in [4.69, 9.17) is 0 Å². The van der Waals surface area contributed by atoms with Crippen LogP contribution in [0.1, 0.15) is 0 Å². The standard InChI is InChI=1S/C60H36S/c1-3-17-45-41(13-1)43-15-5-9-21-49(43)59-51-23-11-7-19-47(51)53(35-55(45)59)37-25-29-39(30-26-37)57-33-34-58(61-57)40-31-27-38(28-32-40)54-36-56-46-18-4-2-14-42(46)44-16-6-10-22-50(44)60(56)52-24-12-8-20-48(52)54/h1-36H. The molecule has 0 atom stereocenters. The summed E-state index contributed by atoms with van der Waals surface area (Å²) in [6, 6.07) is 81.1. The fraction of sp³-hybridized carbons (Fsp3) is 0. The van der Waals surface area contributed by atoms with Crippen LogP contribution in [0.2, 0.25) is 0 Å². The molecular formula is C60H36S. The number of benzene rings is 12. The summed E-state index contributed by atoms with van der Waals surface area (Å²) < 4.78 is 0. The Morgan fingerprint density at radius 1 is 0.197 bits per heavy atom. The molecule has 0 saturated heterocycles. The normalized spacial score (nSPS) is 11.9. The maximum atomic E-state index is 2.43. The van der Waals surface area contributed by atoms with Crippen LogP contribution in [0, 0.1) is 0 Å². The van der Waals surface area contributed by atoms with Gasteiger partial charge in [0.15, 0.2) is 0 Å². The molecule has 1 heteroatoms. The van der Waals surface area contributed by atoms with Gasteiger partial charge in [0.2, 0.25) is 0 Å². The molecule has 1 aromatic heterocycles. The molecule has 0 unspecified atom stereocenters.